The quantitative estimate of drug-likeness (QED) is 0.202. The summed E-state index contributed by atoms with van der Waals surface area (Å²) in [6.45, 7) is 14.5. The number of nitrogens with zero attached hydrogens (tertiary/aromatic N) is 4. The van der Waals surface area contributed by atoms with Crippen molar-refractivity contribution in [3.8, 4) is 23.3 Å². The van der Waals surface area contributed by atoms with Gasteiger partial charge in [-0.15, -0.1) is 0 Å². The Hall–Kier alpha value is -5.94. The molecule has 0 unspecified atom stereocenters. The number of methoxy groups -OCH3 is 1. The van der Waals surface area contributed by atoms with Crippen LogP contribution in [0.3, 0.4) is 0 Å². The predicted molar refractivity (Wildman–Crippen MR) is 230 cm³/mol. The lowest BCUT2D eigenvalue weighted by molar-refractivity contribution is -0.164. The second kappa shape index (κ2) is 16.7. The molecule has 0 radical (unpaired) electrons. The Balaban J connectivity index is 0.783. The van der Waals surface area contributed by atoms with E-state index in [2.05, 4.69) is 61.1 Å². The molecule has 14 nitrogen and oxygen atoms in total. The topological polar surface area (TPSA) is 171 Å². The van der Waals surface area contributed by atoms with Crippen molar-refractivity contribution in [1.29, 1.82) is 5.26 Å². The number of carbonyl (C=O) groups is 5. The molecule has 3 aromatic carbocycles. The Bertz CT molecular complexity index is 2290. The number of imide groups is 2. The Kier molecular flexibility index (Phi) is 11.5. The van der Waals surface area contributed by atoms with Gasteiger partial charge in [0.2, 0.25) is 11.8 Å². The lowest BCUT2D eigenvalue weighted by Crippen LogP contribution is -2.74. The molecule has 0 spiro atoms. The number of hydrogen-bond donors (Lipinski definition) is 2. The van der Waals surface area contributed by atoms with E-state index in [4.69, 9.17) is 14.2 Å². The zero-order valence-electron chi connectivity index (χ0n) is 36.4. The number of fused-ring (bicyclic) bond motifs is 1. The molecule has 326 valence electrons. The standard InChI is InChI=1S/C48H56N6O8/c1-7-52(32-22-35(23-32)61-33-14-15-36-37(24-33)44(59)54(43(36)58)38-16-17-40(55)50-42(38)57)27-28-18-20-53(21-19-28)31-11-8-29(9-12-31)41(56)51-45-47(2,3)46(48(45,4)5)62-34-13-10-30(26-49)39(25-34)60-6/h8-15,24-25,28,32,35,38,45-46H,7,16-23,27H2,1-6H3,(H,51,56)(H,50,55,57)/t32?,35?,38-,45?,46?/m1/s1. The molecule has 1 atom stereocenters. The summed E-state index contributed by atoms with van der Waals surface area (Å²) in [6, 6.07) is 19.5. The van der Waals surface area contributed by atoms with Crippen molar-refractivity contribution < 1.29 is 38.2 Å². The van der Waals surface area contributed by atoms with Gasteiger partial charge in [0.05, 0.1) is 23.8 Å². The number of nitriles is 1. The average molecular weight is 845 g/mol. The maximum Gasteiger partial charge on any atom is 0.262 e. The molecule has 62 heavy (non-hydrogen) atoms. The van der Waals surface area contributed by atoms with E-state index in [1.807, 2.05) is 24.3 Å². The SMILES string of the molecule is CCN(CC1CCN(c2ccc(C(=O)NC3C(C)(C)C(Oc4ccc(C#N)c(OC)c4)C3(C)C)cc2)CC1)C1CC(Oc2ccc3c(c2)C(=O)N([C@@H]2CCC(=O)NC2=O)C3=O)C1. The molecule has 4 fully saturated rings. The molecule has 0 bridgehead atoms. The maximum absolute atomic E-state index is 13.6. The van der Waals surface area contributed by atoms with Gasteiger partial charge in [0.1, 0.15) is 41.6 Å². The summed E-state index contributed by atoms with van der Waals surface area (Å²) in [6.07, 6.45) is 3.91. The van der Waals surface area contributed by atoms with Crippen LogP contribution in [-0.4, -0.2) is 103 Å². The molecule has 0 aromatic heterocycles. The normalized spacial score (nSPS) is 25.3. The van der Waals surface area contributed by atoms with Crippen molar-refractivity contribution in [2.24, 2.45) is 16.7 Å². The van der Waals surface area contributed by atoms with Crippen molar-refractivity contribution in [3.05, 3.63) is 82.9 Å². The Morgan fingerprint density at radius 2 is 1.55 bits per heavy atom. The first-order valence-electron chi connectivity index (χ1n) is 21.8. The lowest BCUT2D eigenvalue weighted by atomic mass is 9.49. The Morgan fingerprint density at radius 1 is 0.887 bits per heavy atom. The van der Waals surface area contributed by atoms with Gasteiger partial charge >= 0.3 is 0 Å². The van der Waals surface area contributed by atoms with Crippen molar-refractivity contribution in [3.63, 3.8) is 0 Å². The molecule has 3 aliphatic heterocycles. The third-order valence-electron chi connectivity index (χ3n) is 14.0. The molecule has 14 heteroatoms. The van der Waals surface area contributed by atoms with Crippen LogP contribution in [0.2, 0.25) is 0 Å². The van der Waals surface area contributed by atoms with Gasteiger partial charge < -0.3 is 29.3 Å². The Labute approximate surface area is 362 Å². The van der Waals surface area contributed by atoms with Crippen molar-refractivity contribution in [2.45, 2.75) is 103 Å². The van der Waals surface area contributed by atoms with Gasteiger partial charge in [-0.3, -0.25) is 34.2 Å². The minimum Gasteiger partial charge on any atom is -0.495 e. The minimum absolute atomic E-state index is 0.000200. The second-order valence-corrected chi connectivity index (χ2v) is 18.6. The molecule has 3 aromatic rings. The molecular weight excluding hydrogens is 789 g/mol. The molecule has 2 aliphatic carbocycles. The summed E-state index contributed by atoms with van der Waals surface area (Å²) in [5.41, 5.74) is 1.93. The predicted octanol–water partition coefficient (Wildman–Crippen LogP) is 5.73. The molecule has 3 heterocycles. The second-order valence-electron chi connectivity index (χ2n) is 18.6. The highest BCUT2D eigenvalue weighted by Gasteiger charge is 2.64. The highest BCUT2D eigenvalue weighted by molar-refractivity contribution is 6.23. The molecule has 5 amide bonds. The number of benzene rings is 3. The zero-order valence-corrected chi connectivity index (χ0v) is 36.4. The van der Waals surface area contributed by atoms with E-state index < -0.39 is 29.7 Å². The fourth-order valence-corrected chi connectivity index (χ4v) is 10.7. The van der Waals surface area contributed by atoms with Gasteiger partial charge in [-0.1, -0.05) is 34.6 Å². The van der Waals surface area contributed by atoms with Crippen molar-refractivity contribution in [1.82, 2.24) is 20.4 Å². The number of rotatable bonds is 13. The highest BCUT2D eigenvalue weighted by atomic mass is 16.5. The monoisotopic (exact) mass is 844 g/mol. The van der Waals surface area contributed by atoms with E-state index in [0.29, 0.717) is 40.3 Å². The molecule has 2 saturated carbocycles. The van der Waals surface area contributed by atoms with Crippen LogP contribution in [0.5, 0.6) is 17.2 Å². The first-order chi connectivity index (χ1) is 29.6. The first-order valence-corrected chi connectivity index (χ1v) is 21.8. The van der Waals surface area contributed by atoms with Crippen LogP contribution < -0.4 is 29.7 Å². The van der Waals surface area contributed by atoms with E-state index in [-0.39, 0.29) is 59.0 Å². The number of carbonyl (C=O) groups excluding carboxylic acids is 5. The van der Waals surface area contributed by atoms with Gasteiger partial charge in [-0.25, -0.2) is 0 Å². The van der Waals surface area contributed by atoms with E-state index in [1.54, 1.807) is 36.4 Å². The maximum atomic E-state index is 13.6. The third-order valence-corrected chi connectivity index (χ3v) is 14.0. The number of amides is 5. The van der Waals surface area contributed by atoms with Gasteiger partial charge in [-0.2, -0.15) is 5.26 Å². The lowest BCUT2D eigenvalue weighted by Gasteiger charge is -2.63. The van der Waals surface area contributed by atoms with Crippen molar-refractivity contribution >= 4 is 35.2 Å². The summed E-state index contributed by atoms with van der Waals surface area (Å²) in [4.78, 5) is 69.9. The van der Waals surface area contributed by atoms with E-state index in [0.717, 1.165) is 62.4 Å². The van der Waals surface area contributed by atoms with Crippen molar-refractivity contribution in [2.75, 3.05) is 38.2 Å². The molecule has 8 rings (SSSR count). The number of nitrogens with one attached hydrogen (secondary N) is 2. The van der Waals surface area contributed by atoms with Crippen LogP contribution in [0.1, 0.15) is 110 Å². The van der Waals surface area contributed by atoms with Crippen LogP contribution in [0.25, 0.3) is 0 Å². The summed E-state index contributed by atoms with van der Waals surface area (Å²) >= 11 is 0. The molecule has 5 aliphatic rings. The van der Waals surface area contributed by atoms with Crippen LogP contribution in [-0.2, 0) is 9.59 Å². The van der Waals surface area contributed by atoms with Gasteiger partial charge in [0.15, 0.2) is 0 Å². The first kappa shape index (κ1) is 42.7. The van der Waals surface area contributed by atoms with Crippen LogP contribution in [0.4, 0.5) is 5.69 Å². The summed E-state index contributed by atoms with van der Waals surface area (Å²) in [5.74, 6) is -0.0229. The number of hydrogen-bond acceptors (Lipinski definition) is 11. The highest BCUT2D eigenvalue weighted by Crippen LogP contribution is 2.55. The molecule has 2 saturated heterocycles. The number of piperidine rings is 2. The summed E-state index contributed by atoms with van der Waals surface area (Å²) in [7, 11) is 1.53. The van der Waals surface area contributed by atoms with Crippen LogP contribution in [0, 0.1) is 28.1 Å². The van der Waals surface area contributed by atoms with Gasteiger partial charge in [0, 0.05) is 79.1 Å². The van der Waals surface area contributed by atoms with Gasteiger partial charge in [0.25, 0.3) is 17.7 Å². The Morgan fingerprint density at radius 3 is 2.19 bits per heavy atom. The van der Waals surface area contributed by atoms with Crippen LogP contribution in [0.15, 0.2) is 60.7 Å². The zero-order chi connectivity index (χ0) is 44.1. The van der Waals surface area contributed by atoms with E-state index in [9.17, 15) is 29.2 Å². The number of ether oxygens (including phenoxy) is 3. The smallest absolute Gasteiger partial charge is 0.262 e. The van der Waals surface area contributed by atoms with Crippen LogP contribution >= 0.6 is 0 Å². The average Bonchev–Trinajstić information content (AvgIpc) is 3.49. The fraction of sp³-hybridized carbons (Fsp3) is 0.500. The fourth-order valence-electron chi connectivity index (χ4n) is 10.7. The van der Waals surface area contributed by atoms with Gasteiger partial charge in [-0.05, 0) is 86.3 Å². The van der Waals surface area contributed by atoms with E-state index in [1.165, 1.54) is 7.11 Å². The molecule has 2 N–H and O–H groups in total. The molecular formula is C48H56N6O8. The third kappa shape index (κ3) is 7.87. The summed E-state index contributed by atoms with van der Waals surface area (Å²) in [5, 5.41) is 14.9. The largest absolute Gasteiger partial charge is 0.495 e. The number of anilines is 1. The minimum atomic E-state index is -0.999. The van der Waals surface area contributed by atoms with E-state index >= 15 is 0 Å². The summed E-state index contributed by atoms with van der Waals surface area (Å²) < 4.78 is 18.1.